The van der Waals surface area contributed by atoms with Crippen molar-refractivity contribution in [1.82, 2.24) is 0 Å². The molecule has 3 radical (unpaired) electrons. The molecule has 0 aliphatic heterocycles. The number of aliphatic hydroxyl groups is 1. The summed E-state index contributed by atoms with van der Waals surface area (Å²) < 4.78 is 0. The Balaban J connectivity index is 0.000000286. The molecule has 7 atom stereocenters. The van der Waals surface area contributed by atoms with Gasteiger partial charge in [0, 0.05) is 43.9 Å². The first-order chi connectivity index (χ1) is 36.4. The second-order valence-corrected chi connectivity index (χ2v) is 26.6. The number of carbonyl (C=O) groups excluding carboxylic acids is 5. The van der Waals surface area contributed by atoms with Gasteiger partial charge < -0.3 is 10.2 Å². The van der Waals surface area contributed by atoms with E-state index in [4.69, 9.17) is 0 Å². The summed E-state index contributed by atoms with van der Waals surface area (Å²) in [7, 11) is 0. The minimum absolute atomic E-state index is 0. The van der Waals surface area contributed by atoms with Gasteiger partial charge in [-0.05, 0) is 177 Å². The Morgan fingerprint density at radius 1 is 0.524 bits per heavy atom. The quantitative estimate of drug-likeness (QED) is 0.190. The first-order valence-corrected chi connectivity index (χ1v) is 28.9. The third-order valence-corrected chi connectivity index (χ3v) is 18.8. The Morgan fingerprint density at radius 3 is 1.39 bits per heavy atom. The minimum atomic E-state index is -0.750. The second-order valence-electron chi connectivity index (χ2n) is 26.6. The van der Waals surface area contributed by atoms with E-state index in [0.29, 0.717) is 43.7 Å². The number of fused-ring (bicyclic) bond motifs is 6. The van der Waals surface area contributed by atoms with Crippen molar-refractivity contribution in [3.8, 4) is 0 Å². The second kappa shape index (κ2) is 28.5. The molecule has 9 heteroatoms. The Morgan fingerprint density at radius 2 is 0.963 bits per heavy atom. The molecule has 7 aliphatic rings. The van der Waals surface area contributed by atoms with Gasteiger partial charge in [0.2, 0.25) is 0 Å². The fourth-order valence-corrected chi connectivity index (χ4v) is 13.5. The number of allylic oxidation sites excluding steroid dienone is 6. The summed E-state index contributed by atoms with van der Waals surface area (Å²) in [4.78, 5) is 61.9. The molecule has 0 aromatic heterocycles. The van der Waals surface area contributed by atoms with E-state index in [9.17, 15) is 34.2 Å². The molecular formula is C73H97BKO7. The van der Waals surface area contributed by atoms with Crippen molar-refractivity contribution in [2.45, 2.75) is 229 Å². The van der Waals surface area contributed by atoms with Crippen LogP contribution in [-0.2, 0) is 59.5 Å². The molecule has 7 aliphatic carbocycles. The van der Waals surface area contributed by atoms with Crippen LogP contribution in [0.2, 0.25) is 0 Å². The maximum atomic E-state index is 12.7. The number of rotatable bonds is 6. The fourth-order valence-electron chi connectivity index (χ4n) is 13.5. The molecule has 11 rings (SSSR count). The van der Waals surface area contributed by atoms with Gasteiger partial charge in [-0.2, -0.15) is 0 Å². The van der Waals surface area contributed by atoms with E-state index in [1.807, 2.05) is 45.0 Å². The van der Waals surface area contributed by atoms with Crippen LogP contribution < -0.4 is 56.5 Å². The summed E-state index contributed by atoms with van der Waals surface area (Å²) >= 11 is 0. The van der Waals surface area contributed by atoms with Crippen LogP contribution in [0.25, 0.3) is 0 Å². The molecule has 0 spiro atoms. The molecule has 82 heavy (non-hydrogen) atoms. The zero-order valence-electron chi connectivity index (χ0n) is 51.1. The molecule has 0 unspecified atom stereocenters. The number of ketones is 5. The summed E-state index contributed by atoms with van der Waals surface area (Å²) in [5.74, 6) is 1.26. The summed E-state index contributed by atoms with van der Waals surface area (Å²) in [6, 6.07) is 30.0. The van der Waals surface area contributed by atoms with Gasteiger partial charge >= 0.3 is 51.4 Å². The van der Waals surface area contributed by atoms with Gasteiger partial charge in [-0.15, -0.1) is 5.60 Å². The van der Waals surface area contributed by atoms with Crippen LogP contribution in [0.4, 0.5) is 0 Å². The number of carbonyl (C=O) groups is 5. The Labute approximate surface area is 539 Å². The molecule has 1 N–H and O–H groups in total. The molecule has 0 amide bonds. The number of aryl methyl sites for hydroxylation is 7. The number of Topliss-reactive ketones (excluding diaryl/α,β-unsaturated/α-hetero) is 3. The van der Waals surface area contributed by atoms with E-state index < -0.39 is 27.9 Å². The predicted molar refractivity (Wildman–Crippen MR) is 333 cm³/mol. The molecule has 4 aromatic rings. The molecule has 0 bridgehead atoms. The average molecular weight is 1140 g/mol. The molecule has 435 valence electrons. The van der Waals surface area contributed by atoms with E-state index >= 15 is 0 Å². The monoisotopic (exact) mass is 1140 g/mol. The van der Waals surface area contributed by atoms with Gasteiger partial charge in [-0.25, -0.2) is 0 Å². The van der Waals surface area contributed by atoms with Gasteiger partial charge in [0.05, 0.1) is 22.3 Å². The molecule has 0 heterocycles. The van der Waals surface area contributed by atoms with Crippen LogP contribution in [0, 0.1) is 43.9 Å². The van der Waals surface area contributed by atoms with Gasteiger partial charge in [0.1, 0.15) is 17.3 Å². The van der Waals surface area contributed by atoms with Crippen LogP contribution >= 0.6 is 0 Å². The van der Waals surface area contributed by atoms with E-state index in [1.54, 1.807) is 32.9 Å². The van der Waals surface area contributed by atoms with Gasteiger partial charge in [0.15, 0.2) is 11.6 Å². The van der Waals surface area contributed by atoms with Gasteiger partial charge in [0.25, 0.3) is 0 Å². The molecule has 1 saturated carbocycles. The number of hydrogen-bond acceptors (Lipinski definition) is 7. The minimum Gasteiger partial charge on any atom is -0.850 e. The van der Waals surface area contributed by atoms with Crippen molar-refractivity contribution < 1.29 is 85.6 Å². The van der Waals surface area contributed by atoms with Crippen molar-refractivity contribution in [2.24, 2.45) is 16.2 Å². The summed E-state index contributed by atoms with van der Waals surface area (Å²) in [6.07, 6.45) is 18.7. The van der Waals surface area contributed by atoms with Gasteiger partial charge in [-0.1, -0.05) is 181 Å². The summed E-state index contributed by atoms with van der Waals surface area (Å²) in [6.45, 7) is 25.9. The fraction of sp³-hybridized carbons (Fsp3) is 0.521. The smallest absolute Gasteiger partial charge is 0.850 e. The van der Waals surface area contributed by atoms with Gasteiger partial charge in [-0.3, -0.25) is 24.0 Å². The first kappa shape index (κ1) is 72.3. The third-order valence-electron chi connectivity index (χ3n) is 18.8. The van der Waals surface area contributed by atoms with E-state index in [1.165, 1.54) is 61.2 Å². The van der Waals surface area contributed by atoms with Crippen molar-refractivity contribution in [1.29, 1.82) is 0 Å². The topological polar surface area (TPSA) is 129 Å². The molecular weight excluding hydrogens is 1040 g/mol. The van der Waals surface area contributed by atoms with Crippen molar-refractivity contribution >= 4 is 37.3 Å². The van der Waals surface area contributed by atoms with Crippen LogP contribution in [0.5, 0.6) is 0 Å². The average Bonchev–Trinajstić information content (AvgIpc) is 3.99. The Hall–Kier alpha value is -3.93. The summed E-state index contributed by atoms with van der Waals surface area (Å²) in [5, 5.41) is 19.9. The van der Waals surface area contributed by atoms with Crippen LogP contribution in [0.15, 0.2) is 120 Å². The maximum absolute atomic E-state index is 12.7. The van der Waals surface area contributed by atoms with Crippen molar-refractivity contribution in [2.75, 3.05) is 0 Å². The summed E-state index contributed by atoms with van der Waals surface area (Å²) in [5.41, 5.74) is 13.3. The standard InChI is InChI=1S/C20H26O3.C20H24O2.C20H22O.C7H8.C4H9O.2CH4.B.K/c1-13-4-6-16-14(10-13)5-7-17(22)20(16,3)9-8-19(2)12-15(21)11-18(19)23;1-14-6-8-16-15(13-14)7-9-18(22)20(16,3)12-11-19(2)10-4-5-17(19)21;1-13-4-6-15-14(12-13)5-7-16-17-8-9-18(21)20(17,3)11-10-19(15,16)2;1-7-5-3-2-4-6-7;1-4(2,3)5;;;;/h4,6,10,15,21H,5,7-9,11-12H2,1-3H3;4-6,8,13H,7,9-12H2,1-3H3;4,6,8-9,12H,5,7,10-11H2,1-3H3;2-6H,1H3;1-3H3;2*1H4;;/q;;;;-1;;;;+1/t15-,19-,20-;19-,20+;19-,20-;;;;;;/m010....../s1. The van der Waals surface area contributed by atoms with E-state index in [2.05, 4.69) is 121 Å². The molecule has 1 fully saturated rings. The van der Waals surface area contributed by atoms with Crippen LogP contribution in [0.1, 0.15) is 210 Å². The largest absolute Gasteiger partial charge is 1.00 e. The first-order valence-electron chi connectivity index (χ1n) is 28.9. The normalized spacial score (nSPS) is 27.8. The van der Waals surface area contributed by atoms with Crippen LogP contribution in [-0.4, -0.2) is 54.1 Å². The van der Waals surface area contributed by atoms with E-state index in [0.717, 1.165) is 63.4 Å². The Kier molecular flexibility index (Phi) is 25.1. The Bertz CT molecular complexity index is 3050. The number of benzene rings is 4. The zero-order valence-corrected chi connectivity index (χ0v) is 54.2. The van der Waals surface area contributed by atoms with E-state index in [-0.39, 0.29) is 115 Å². The maximum Gasteiger partial charge on any atom is 1.00 e. The molecule has 7 nitrogen and oxygen atoms in total. The molecule has 4 aromatic carbocycles. The van der Waals surface area contributed by atoms with Crippen LogP contribution in [0.3, 0.4) is 0 Å². The van der Waals surface area contributed by atoms with Crippen molar-refractivity contribution in [3.05, 3.63) is 176 Å². The number of aliphatic hydroxyl groups excluding tert-OH is 1. The third kappa shape index (κ3) is 15.9. The number of hydrogen-bond donors (Lipinski definition) is 1. The van der Waals surface area contributed by atoms with Crippen molar-refractivity contribution in [3.63, 3.8) is 0 Å². The predicted octanol–water partition coefficient (Wildman–Crippen LogP) is 11.8. The zero-order chi connectivity index (χ0) is 57.2. The molecule has 0 saturated heterocycles. The SMILES string of the molecule is C.C.CC(C)(C)[O-].Cc1ccc2c(c1)CCC(=O)[C@@]2(C)CC[C@@]1(C)CC=CC1=O.Cc1ccc2c(c1)CCC(=O)[C@@]2(C)CC[C@@]1(C)C[C@@H](O)CC1=O.Cc1ccc2c(c1)CCC1=C3C=CC(=O)[C@@]3(C)CC[C@]12C.Cc1ccccc1.[B].[K+].